The van der Waals surface area contributed by atoms with Crippen LogP contribution in [0.4, 0.5) is 0 Å². The highest BCUT2D eigenvalue weighted by Crippen LogP contribution is 2.27. The van der Waals surface area contributed by atoms with E-state index in [0.29, 0.717) is 10.6 Å². The van der Waals surface area contributed by atoms with Crippen LogP contribution < -0.4 is 0 Å². The van der Waals surface area contributed by atoms with Crippen LogP contribution in [0, 0.1) is 11.3 Å². The summed E-state index contributed by atoms with van der Waals surface area (Å²) in [6.45, 7) is 0. The summed E-state index contributed by atoms with van der Waals surface area (Å²) in [5.41, 5.74) is 3.27. The highest BCUT2D eigenvalue weighted by molar-refractivity contribution is 7.11. The van der Waals surface area contributed by atoms with Gasteiger partial charge in [-0.15, -0.1) is 11.3 Å². The Bertz CT molecular complexity index is 843. The largest absolute Gasteiger partial charge is 0.508 e. The van der Waals surface area contributed by atoms with Crippen LogP contribution >= 0.6 is 11.3 Å². The van der Waals surface area contributed by atoms with E-state index in [2.05, 4.69) is 11.1 Å². The molecule has 0 amide bonds. The molecule has 0 radical (unpaired) electrons. The van der Waals surface area contributed by atoms with Gasteiger partial charge in [-0.2, -0.15) is 5.26 Å². The van der Waals surface area contributed by atoms with Crippen molar-refractivity contribution in [2.24, 2.45) is 0 Å². The van der Waals surface area contributed by atoms with E-state index in [0.717, 1.165) is 16.8 Å². The first kappa shape index (κ1) is 14.1. The number of nitriles is 1. The molecule has 3 rings (SSSR count). The number of phenols is 1. The molecule has 4 heteroatoms. The third-order valence-electron chi connectivity index (χ3n) is 3.13. The van der Waals surface area contributed by atoms with E-state index in [9.17, 15) is 10.4 Å². The minimum atomic E-state index is 0.205. The number of benzene rings is 2. The molecule has 0 aliphatic carbocycles. The summed E-state index contributed by atoms with van der Waals surface area (Å²) in [4.78, 5) is 4.54. The molecule has 0 saturated heterocycles. The topological polar surface area (TPSA) is 56.9 Å². The second-order valence-corrected chi connectivity index (χ2v) is 5.52. The van der Waals surface area contributed by atoms with Crippen LogP contribution in [0.15, 0.2) is 60.0 Å². The summed E-state index contributed by atoms with van der Waals surface area (Å²) in [6, 6.07) is 18.8. The van der Waals surface area contributed by atoms with Gasteiger partial charge < -0.3 is 5.11 Å². The van der Waals surface area contributed by atoms with Crippen molar-refractivity contribution in [3.05, 3.63) is 70.5 Å². The van der Waals surface area contributed by atoms with Crippen molar-refractivity contribution in [3.8, 4) is 23.1 Å². The van der Waals surface area contributed by atoms with Gasteiger partial charge in [-0.3, -0.25) is 0 Å². The van der Waals surface area contributed by atoms with Gasteiger partial charge in [-0.1, -0.05) is 42.5 Å². The summed E-state index contributed by atoms with van der Waals surface area (Å²) in [7, 11) is 0. The fourth-order valence-electron chi connectivity index (χ4n) is 2.02. The summed E-state index contributed by atoms with van der Waals surface area (Å²) in [5.74, 6) is 0.205. The number of hydrogen-bond acceptors (Lipinski definition) is 4. The SMILES string of the molecule is N#C/C(=C/c1ccc(O)cc1)c1nc(-c2ccccc2)cs1. The Morgan fingerprint density at radius 2 is 1.82 bits per heavy atom. The van der Waals surface area contributed by atoms with Gasteiger partial charge in [0.2, 0.25) is 0 Å². The lowest BCUT2D eigenvalue weighted by atomic mass is 10.1. The van der Waals surface area contributed by atoms with Crippen LogP contribution in [0.2, 0.25) is 0 Å². The molecule has 0 bridgehead atoms. The smallest absolute Gasteiger partial charge is 0.134 e. The van der Waals surface area contributed by atoms with Crippen molar-refractivity contribution in [1.29, 1.82) is 5.26 Å². The predicted molar refractivity (Wildman–Crippen MR) is 89.1 cm³/mol. The summed E-state index contributed by atoms with van der Waals surface area (Å²) in [6.07, 6.45) is 1.77. The normalized spacial score (nSPS) is 11.1. The first-order valence-electron chi connectivity index (χ1n) is 6.68. The zero-order valence-electron chi connectivity index (χ0n) is 11.6. The van der Waals surface area contributed by atoms with E-state index in [1.165, 1.54) is 11.3 Å². The van der Waals surface area contributed by atoms with Crippen molar-refractivity contribution in [2.75, 3.05) is 0 Å². The summed E-state index contributed by atoms with van der Waals surface area (Å²) >= 11 is 1.45. The van der Waals surface area contributed by atoms with Gasteiger partial charge in [0.15, 0.2) is 0 Å². The molecule has 0 unspecified atom stereocenters. The third-order valence-corrected chi connectivity index (χ3v) is 4.00. The average Bonchev–Trinajstić information content (AvgIpc) is 3.05. The van der Waals surface area contributed by atoms with Crippen molar-refractivity contribution in [3.63, 3.8) is 0 Å². The Morgan fingerprint density at radius 1 is 1.09 bits per heavy atom. The lowest BCUT2D eigenvalue weighted by molar-refractivity contribution is 0.475. The highest BCUT2D eigenvalue weighted by atomic mass is 32.1. The number of thiazole rings is 1. The number of phenolic OH excluding ortho intramolecular Hbond substituents is 1. The molecule has 1 aromatic heterocycles. The number of aromatic nitrogens is 1. The fraction of sp³-hybridized carbons (Fsp3) is 0. The van der Waals surface area contributed by atoms with Crippen LogP contribution in [-0.4, -0.2) is 10.1 Å². The molecule has 0 aliphatic heterocycles. The van der Waals surface area contributed by atoms with Crippen LogP contribution in [0.5, 0.6) is 5.75 Å². The van der Waals surface area contributed by atoms with E-state index in [1.54, 1.807) is 30.3 Å². The lowest BCUT2D eigenvalue weighted by Crippen LogP contribution is -1.82. The van der Waals surface area contributed by atoms with E-state index >= 15 is 0 Å². The van der Waals surface area contributed by atoms with Crippen LogP contribution in [-0.2, 0) is 0 Å². The molecule has 0 atom stereocenters. The third kappa shape index (κ3) is 3.05. The van der Waals surface area contributed by atoms with Crippen molar-refractivity contribution in [2.45, 2.75) is 0 Å². The maximum Gasteiger partial charge on any atom is 0.134 e. The number of nitrogens with zero attached hydrogens (tertiary/aromatic N) is 2. The predicted octanol–water partition coefficient (Wildman–Crippen LogP) is 4.58. The van der Waals surface area contributed by atoms with Crippen molar-refractivity contribution in [1.82, 2.24) is 4.98 Å². The Balaban J connectivity index is 1.94. The molecule has 3 nitrogen and oxygen atoms in total. The van der Waals surface area contributed by atoms with Gasteiger partial charge in [0.25, 0.3) is 0 Å². The van der Waals surface area contributed by atoms with Crippen LogP contribution in [0.3, 0.4) is 0 Å². The Morgan fingerprint density at radius 3 is 2.50 bits per heavy atom. The summed E-state index contributed by atoms with van der Waals surface area (Å²) in [5, 5.41) is 21.3. The molecule has 2 aromatic carbocycles. The molecule has 3 aromatic rings. The second kappa shape index (κ2) is 6.25. The van der Waals surface area contributed by atoms with Crippen molar-refractivity contribution < 1.29 is 5.11 Å². The molecular formula is C18H12N2OS. The zero-order valence-corrected chi connectivity index (χ0v) is 12.4. The quantitative estimate of drug-likeness (QED) is 0.720. The molecule has 22 heavy (non-hydrogen) atoms. The van der Waals surface area contributed by atoms with E-state index < -0.39 is 0 Å². The zero-order chi connectivity index (χ0) is 15.4. The Hall–Kier alpha value is -2.90. The van der Waals surface area contributed by atoms with E-state index in [-0.39, 0.29) is 5.75 Å². The van der Waals surface area contributed by atoms with Crippen LogP contribution in [0.25, 0.3) is 22.9 Å². The number of aromatic hydroxyl groups is 1. The standard InChI is InChI=1S/C18H12N2OS/c19-11-15(10-13-6-8-16(21)9-7-13)18-20-17(12-22-18)14-4-2-1-3-5-14/h1-10,12,21H/b15-10-. The monoisotopic (exact) mass is 304 g/mol. The summed E-state index contributed by atoms with van der Waals surface area (Å²) < 4.78 is 0. The number of hydrogen-bond donors (Lipinski definition) is 1. The van der Waals surface area contributed by atoms with Gasteiger partial charge in [0.05, 0.1) is 11.3 Å². The van der Waals surface area contributed by atoms with Gasteiger partial charge in [0, 0.05) is 10.9 Å². The first-order valence-corrected chi connectivity index (χ1v) is 7.56. The van der Waals surface area contributed by atoms with E-state index in [4.69, 9.17) is 0 Å². The van der Waals surface area contributed by atoms with Crippen LogP contribution in [0.1, 0.15) is 10.6 Å². The molecule has 0 saturated carbocycles. The first-order chi connectivity index (χ1) is 10.8. The molecule has 0 fully saturated rings. The van der Waals surface area contributed by atoms with Gasteiger partial charge in [-0.25, -0.2) is 4.98 Å². The van der Waals surface area contributed by atoms with Crippen molar-refractivity contribution >= 4 is 23.0 Å². The molecule has 0 spiro atoms. The highest BCUT2D eigenvalue weighted by Gasteiger charge is 2.08. The Kier molecular flexibility index (Phi) is 3.99. The Labute approximate surface area is 132 Å². The number of allylic oxidation sites excluding steroid dienone is 1. The molecule has 1 N–H and O–H groups in total. The maximum absolute atomic E-state index is 9.37. The molecule has 1 heterocycles. The number of rotatable bonds is 3. The molecule has 106 valence electrons. The van der Waals surface area contributed by atoms with Gasteiger partial charge >= 0.3 is 0 Å². The minimum Gasteiger partial charge on any atom is -0.508 e. The molecular weight excluding hydrogens is 292 g/mol. The second-order valence-electron chi connectivity index (χ2n) is 4.67. The minimum absolute atomic E-state index is 0.205. The van der Waals surface area contributed by atoms with E-state index in [1.807, 2.05) is 35.7 Å². The maximum atomic E-state index is 9.37. The average molecular weight is 304 g/mol. The van der Waals surface area contributed by atoms with Gasteiger partial charge in [0.1, 0.15) is 16.8 Å². The fourth-order valence-corrected chi connectivity index (χ4v) is 2.81. The lowest BCUT2D eigenvalue weighted by Gasteiger charge is -1.97. The van der Waals surface area contributed by atoms with Gasteiger partial charge in [-0.05, 0) is 23.8 Å². The molecule has 0 aliphatic rings.